The van der Waals surface area contributed by atoms with E-state index in [1.54, 1.807) is 0 Å². The van der Waals surface area contributed by atoms with Gasteiger partial charge in [-0.25, -0.2) is 4.79 Å². The van der Waals surface area contributed by atoms with Crippen LogP contribution in [-0.4, -0.2) is 57.6 Å². The molecule has 5 aromatic rings. The molecular weight excluding hydrogens is 737 g/mol. The fraction of sp³-hybridized carbons (Fsp3) is 0.380. The van der Waals surface area contributed by atoms with E-state index in [2.05, 4.69) is 106 Å². The summed E-state index contributed by atoms with van der Waals surface area (Å²) >= 11 is 0. The molecule has 0 fully saturated rings. The minimum absolute atomic E-state index is 0.0289. The highest BCUT2D eigenvalue weighted by molar-refractivity contribution is 6.74. The monoisotopic (exact) mass is 798 g/mol. The van der Waals surface area contributed by atoms with Crippen LogP contribution in [0.3, 0.4) is 0 Å². The van der Waals surface area contributed by atoms with Crippen molar-refractivity contribution < 1.29 is 23.4 Å². The summed E-state index contributed by atoms with van der Waals surface area (Å²) in [6.07, 6.45) is 3.81. The Labute approximate surface area is 347 Å². The third kappa shape index (κ3) is 12.1. The van der Waals surface area contributed by atoms with Crippen molar-refractivity contribution in [1.82, 2.24) is 4.90 Å². The summed E-state index contributed by atoms with van der Waals surface area (Å²) in [7, 11) is -2.10. The highest BCUT2D eigenvalue weighted by Gasteiger charge is 2.40. The van der Waals surface area contributed by atoms with Gasteiger partial charge in [0, 0.05) is 31.9 Å². The van der Waals surface area contributed by atoms with Crippen LogP contribution >= 0.6 is 0 Å². The number of hydrogen-bond donors (Lipinski definition) is 1. The first-order valence-electron chi connectivity index (χ1n) is 21.0. The third-order valence-corrected chi connectivity index (χ3v) is 15.9. The molecule has 0 aromatic heterocycles. The van der Waals surface area contributed by atoms with Crippen molar-refractivity contribution in [1.29, 1.82) is 0 Å². The molecule has 58 heavy (non-hydrogen) atoms. The lowest BCUT2D eigenvalue weighted by Crippen LogP contribution is -2.50. The summed E-state index contributed by atoms with van der Waals surface area (Å²) in [5, 5.41) is 3.58. The number of carbonyl (C=O) groups excluding carboxylic acids is 1. The number of anilines is 1. The molecule has 1 aliphatic rings. The zero-order chi connectivity index (χ0) is 41.0. The zero-order valence-electron chi connectivity index (χ0n) is 35.3. The summed E-state index contributed by atoms with van der Waals surface area (Å²) in [4.78, 5) is 15.8. The number of unbranched alkanes of at least 4 members (excludes halogenated alkanes) is 1. The lowest BCUT2D eigenvalue weighted by molar-refractivity contribution is 0.0473. The number of rotatable bonds is 19. The first-order chi connectivity index (χ1) is 28.0. The molecule has 306 valence electrons. The van der Waals surface area contributed by atoms with E-state index in [1.807, 2.05) is 72.8 Å². The van der Waals surface area contributed by atoms with Crippen LogP contribution in [0.15, 0.2) is 127 Å². The third-order valence-electron chi connectivity index (χ3n) is 11.3. The quantitative estimate of drug-likeness (QED) is 0.0507. The number of fused-ring (bicyclic) bond motifs is 1. The molecule has 0 saturated heterocycles. The first-order valence-corrected chi connectivity index (χ1v) is 23.9. The molecular formula is C50H62N2O5Si. The van der Waals surface area contributed by atoms with Gasteiger partial charge in [0.1, 0.15) is 30.8 Å². The van der Waals surface area contributed by atoms with E-state index in [1.165, 1.54) is 11.1 Å². The molecule has 6 rings (SSSR count). The van der Waals surface area contributed by atoms with E-state index < -0.39 is 8.32 Å². The number of nitrogens with zero attached hydrogens (tertiary/aromatic N) is 1. The minimum atomic E-state index is -2.10. The van der Waals surface area contributed by atoms with Gasteiger partial charge < -0.3 is 24.0 Å². The Balaban J connectivity index is 1.17. The predicted molar refractivity (Wildman–Crippen MR) is 239 cm³/mol. The van der Waals surface area contributed by atoms with Crippen LogP contribution in [0, 0.1) is 0 Å². The van der Waals surface area contributed by atoms with E-state index >= 15 is 0 Å². The second-order valence-corrected chi connectivity index (χ2v) is 21.8. The van der Waals surface area contributed by atoms with Gasteiger partial charge in [0.25, 0.3) is 0 Å². The number of para-hydroxylation sites is 1. The van der Waals surface area contributed by atoms with E-state index in [4.69, 9.17) is 18.6 Å². The molecule has 2 atom stereocenters. The van der Waals surface area contributed by atoms with Gasteiger partial charge in [0.2, 0.25) is 0 Å². The molecule has 0 aliphatic carbocycles. The number of aryl methyl sites for hydroxylation is 1. The molecule has 1 heterocycles. The summed E-state index contributed by atoms with van der Waals surface area (Å²) < 4.78 is 25.9. The van der Waals surface area contributed by atoms with Crippen LogP contribution in [-0.2, 0) is 28.7 Å². The average molecular weight is 799 g/mol. The fourth-order valence-electron chi connectivity index (χ4n) is 7.05. The highest BCUT2D eigenvalue weighted by Crippen LogP contribution is 2.38. The average Bonchev–Trinajstić information content (AvgIpc) is 3.22. The van der Waals surface area contributed by atoms with Crippen LogP contribution in [0.2, 0.25) is 18.1 Å². The van der Waals surface area contributed by atoms with Gasteiger partial charge in [-0.05, 0) is 102 Å². The fourth-order valence-corrected chi connectivity index (χ4v) is 8.38. The molecule has 1 aliphatic heterocycles. The molecule has 1 N–H and O–H groups in total. The Hall–Kier alpha value is -4.89. The van der Waals surface area contributed by atoms with Crippen LogP contribution in [0.4, 0.5) is 5.69 Å². The van der Waals surface area contributed by atoms with E-state index in [0.717, 1.165) is 85.7 Å². The first kappa shape index (κ1) is 42.7. The Morgan fingerprint density at radius 3 is 2.21 bits per heavy atom. The summed E-state index contributed by atoms with van der Waals surface area (Å²) in [6, 6.07) is 43.0. The van der Waals surface area contributed by atoms with E-state index in [-0.39, 0.29) is 29.8 Å². The van der Waals surface area contributed by atoms with Crippen molar-refractivity contribution in [2.24, 2.45) is 0 Å². The molecule has 0 radical (unpaired) electrons. The van der Waals surface area contributed by atoms with Gasteiger partial charge in [-0.3, -0.25) is 4.90 Å². The lowest BCUT2D eigenvalue weighted by atomic mass is 9.95. The maximum Gasteiger partial charge on any atom is 0.340 e. The zero-order valence-corrected chi connectivity index (χ0v) is 36.3. The molecule has 2 unspecified atom stereocenters. The number of ether oxygens (including phenoxy) is 3. The van der Waals surface area contributed by atoms with Gasteiger partial charge in [0.15, 0.2) is 8.32 Å². The van der Waals surface area contributed by atoms with Crippen molar-refractivity contribution in [3.05, 3.63) is 150 Å². The van der Waals surface area contributed by atoms with E-state index in [9.17, 15) is 4.79 Å². The van der Waals surface area contributed by atoms with Crippen molar-refractivity contribution >= 4 is 20.0 Å². The van der Waals surface area contributed by atoms with Gasteiger partial charge >= 0.3 is 5.97 Å². The molecule has 7 nitrogen and oxygen atoms in total. The smallest absolute Gasteiger partial charge is 0.340 e. The van der Waals surface area contributed by atoms with Crippen LogP contribution < -0.4 is 14.8 Å². The van der Waals surface area contributed by atoms with Crippen molar-refractivity contribution in [3.63, 3.8) is 0 Å². The molecule has 0 spiro atoms. The molecule has 5 aromatic carbocycles. The van der Waals surface area contributed by atoms with Crippen LogP contribution in [0.25, 0.3) is 11.1 Å². The van der Waals surface area contributed by atoms with Gasteiger partial charge in [-0.2, -0.15) is 0 Å². The number of benzene rings is 5. The maximum atomic E-state index is 13.3. The second-order valence-electron chi connectivity index (χ2n) is 17.0. The van der Waals surface area contributed by atoms with Crippen molar-refractivity contribution in [3.8, 4) is 22.6 Å². The number of carbonyl (C=O) groups is 1. The molecule has 0 amide bonds. The Bertz CT molecular complexity index is 2030. The SMILES string of the molecule is CCCCNc1cc(-c2ccc3c(c2)CCC(CN(Cc2ccccc2)CC(COc2ccccc2)O[Si](C)(C)C(C)(C)C)O3)ccc1C(=O)OCc1ccccc1. The molecule has 0 bridgehead atoms. The van der Waals surface area contributed by atoms with Gasteiger partial charge in [0.05, 0.1) is 11.7 Å². The van der Waals surface area contributed by atoms with Crippen molar-refractivity contribution in [2.45, 2.75) is 96.9 Å². The second kappa shape index (κ2) is 20.2. The highest BCUT2D eigenvalue weighted by atomic mass is 28.4. The maximum absolute atomic E-state index is 13.3. The summed E-state index contributed by atoms with van der Waals surface area (Å²) in [5.74, 6) is 1.46. The van der Waals surface area contributed by atoms with Crippen LogP contribution in [0.1, 0.15) is 74.0 Å². The molecule has 8 heteroatoms. The number of esters is 1. The predicted octanol–water partition coefficient (Wildman–Crippen LogP) is 11.6. The Morgan fingerprint density at radius 1 is 0.862 bits per heavy atom. The van der Waals surface area contributed by atoms with Crippen LogP contribution in [0.5, 0.6) is 11.5 Å². The number of hydrogen-bond acceptors (Lipinski definition) is 7. The van der Waals surface area contributed by atoms with E-state index in [0.29, 0.717) is 12.2 Å². The largest absolute Gasteiger partial charge is 0.491 e. The summed E-state index contributed by atoms with van der Waals surface area (Å²) in [6.45, 7) is 17.4. The number of nitrogens with one attached hydrogen (secondary N) is 1. The van der Waals surface area contributed by atoms with Crippen molar-refractivity contribution in [2.75, 3.05) is 31.6 Å². The Kier molecular flexibility index (Phi) is 14.9. The minimum Gasteiger partial charge on any atom is -0.491 e. The normalized spacial score (nSPS) is 14.6. The van der Waals surface area contributed by atoms with Gasteiger partial charge in [-0.15, -0.1) is 0 Å². The van der Waals surface area contributed by atoms with Gasteiger partial charge in [-0.1, -0.05) is 125 Å². The topological polar surface area (TPSA) is 69.3 Å². The standard InChI is InChI=1S/C50H62N2O5Si/c1-7-8-30-51-47-32-41(25-28-46(47)49(53)55-36-39-20-14-10-15-21-39)40-26-29-48-42(31-40)24-27-44(56-48)34-52(33-38-18-12-9-13-19-38)35-45(57-58(5,6)50(2,3)4)37-54-43-22-16-11-17-23-43/h9-23,25-26,28-29,31-32,44-45,51H,7-8,24,27,30,33-37H2,1-6H3. The lowest BCUT2D eigenvalue weighted by Gasteiger charge is -2.41. The Morgan fingerprint density at radius 2 is 1.52 bits per heavy atom. The molecule has 0 saturated carbocycles. The summed E-state index contributed by atoms with van der Waals surface area (Å²) in [5.41, 5.74) is 6.90.